The fourth-order valence-electron chi connectivity index (χ4n) is 4.38. The van der Waals surface area contributed by atoms with Crippen LogP contribution in [0.3, 0.4) is 0 Å². The van der Waals surface area contributed by atoms with E-state index >= 15 is 0 Å². The Kier molecular flexibility index (Phi) is 9.25. The Morgan fingerprint density at radius 1 is 1.30 bits per heavy atom. The molecule has 37 heavy (non-hydrogen) atoms. The van der Waals surface area contributed by atoms with Crippen LogP contribution in [-0.4, -0.2) is 28.1 Å². The first-order valence-corrected chi connectivity index (χ1v) is 12.5. The van der Waals surface area contributed by atoms with Gasteiger partial charge in [0.2, 0.25) is 0 Å². The minimum Gasteiger partial charge on any atom is -0.397 e. The van der Waals surface area contributed by atoms with Crippen molar-refractivity contribution in [2.24, 2.45) is 5.73 Å². The second-order valence-corrected chi connectivity index (χ2v) is 9.32. The van der Waals surface area contributed by atoms with E-state index < -0.39 is 0 Å². The van der Waals surface area contributed by atoms with Gasteiger partial charge in [0.25, 0.3) is 0 Å². The molecule has 192 valence electrons. The van der Waals surface area contributed by atoms with Crippen LogP contribution in [0, 0.1) is 6.92 Å². The van der Waals surface area contributed by atoms with Gasteiger partial charge in [-0.25, -0.2) is 4.98 Å². The number of nitrogens with two attached hydrogens (primary N) is 1. The minimum atomic E-state index is 0.0884. The lowest BCUT2D eigenvalue weighted by molar-refractivity contribution is 0.112. The molecular weight excluding hydrogens is 482 g/mol. The van der Waals surface area contributed by atoms with Crippen molar-refractivity contribution < 1.29 is 4.79 Å². The summed E-state index contributed by atoms with van der Waals surface area (Å²) in [5.41, 5.74) is 15.9. The zero-order chi connectivity index (χ0) is 27.1. The Hall–Kier alpha value is -3.90. The Morgan fingerprint density at radius 2 is 2.05 bits per heavy atom. The molecule has 0 radical (unpaired) electrons. The second kappa shape index (κ2) is 12.4. The van der Waals surface area contributed by atoms with Crippen LogP contribution >= 0.6 is 11.6 Å². The van der Waals surface area contributed by atoms with Gasteiger partial charge in [-0.1, -0.05) is 60.7 Å². The lowest BCUT2D eigenvalue weighted by Crippen LogP contribution is -2.11. The highest BCUT2D eigenvalue weighted by Crippen LogP contribution is 2.39. The lowest BCUT2D eigenvalue weighted by atomic mass is 9.88. The second-order valence-electron chi connectivity index (χ2n) is 8.96. The number of fused-ring (bicyclic) bond motifs is 3. The van der Waals surface area contributed by atoms with Crippen molar-refractivity contribution in [1.82, 2.24) is 14.8 Å². The molecule has 0 fully saturated rings. The number of halogens is 1. The van der Waals surface area contributed by atoms with Crippen molar-refractivity contribution in [1.29, 1.82) is 0 Å². The van der Waals surface area contributed by atoms with Crippen LogP contribution in [0.25, 0.3) is 17.0 Å². The maximum atomic E-state index is 10.3. The van der Waals surface area contributed by atoms with E-state index in [2.05, 4.69) is 72.3 Å². The number of aryl methyl sites for hydroxylation is 2. The minimum absolute atomic E-state index is 0.0884. The molecule has 1 aromatic carbocycles. The van der Waals surface area contributed by atoms with Gasteiger partial charge in [0, 0.05) is 30.1 Å². The smallest absolute Gasteiger partial charge is 0.153 e. The first kappa shape index (κ1) is 27.7. The van der Waals surface area contributed by atoms with Gasteiger partial charge >= 0.3 is 0 Å². The van der Waals surface area contributed by atoms with E-state index in [1.54, 1.807) is 18.3 Å². The van der Waals surface area contributed by atoms with E-state index in [0.29, 0.717) is 17.5 Å². The summed E-state index contributed by atoms with van der Waals surface area (Å²) in [6, 6.07) is 8.37. The molecule has 0 saturated heterocycles. The number of aldehydes is 1. The molecule has 4 rings (SSSR count). The van der Waals surface area contributed by atoms with E-state index in [0.717, 1.165) is 35.5 Å². The predicted molar refractivity (Wildman–Crippen MR) is 155 cm³/mol. The van der Waals surface area contributed by atoms with Crippen LogP contribution in [0.2, 0.25) is 5.15 Å². The largest absolute Gasteiger partial charge is 0.397 e. The molecule has 0 aliphatic heterocycles. The molecule has 2 heterocycles. The molecule has 3 aromatic rings. The van der Waals surface area contributed by atoms with Gasteiger partial charge in [-0.2, -0.15) is 5.10 Å². The SMILES string of the molecule is C=C/C=C\C(C)=C/C(C)n1nc(C(=C)N)c2c1-c1cc(NC)ccc1CC2.Cc1ccnc(Cl)c1C=O. The molecule has 2 aromatic heterocycles. The summed E-state index contributed by atoms with van der Waals surface area (Å²) >= 11 is 5.59. The van der Waals surface area contributed by atoms with E-state index in [-0.39, 0.29) is 11.2 Å². The van der Waals surface area contributed by atoms with E-state index in [1.165, 1.54) is 22.3 Å². The Balaban J connectivity index is 0.000000319. The van der Waals surface area contributed by atoms with Crippen molar-refractivity contribution >= 4 is 29.3 Å². The Labute approximate surface area is 224 Å². The summed E-state index contributed by atoms with van der Waals surface area (Å²) in [6.07, 6.45) is 12.2. The first-order valence-electron chi connectivity index (χ1n) is 12.1. The molecule has 0 saturated carbocycles. The van der Waals surface area contributed by atoms with Gasteiger partial charge < -0.3 is 11.1 Å². The van der Waals surface area contributed by atoms with Crippen molar-refractivity contribution in [2.45, 2.75) is 39.7 Å². The third kappa shape index (κ3) is 6.27. The number of carbonyl (C=O) groups is 1. The Morgan fingerprint density at radius 3 is 2.65 bits per heavy atom. The zero-order valence-electron chi connectivity index (χ0n) is 21.9. The average Bonchev–Trinajstić information content (AvgIpc) is 3.28. The molecule has 0 spiro atoms. The molecule has 0 amide bonds. The fourth-order valence-corrected chi connectivity index (χ4v) is 4.63. The van der Waals surface area contributed by atoms with Crippen LogP contribution < -0.4 is 11.1 Å². The summed E-state index contributed by atoms with van der Waals surface area (Å²) in [5.74, 6) is 0. The molecule has 6 nitrogen and oxygen atoms in total. The highest BCUT2D eigenvalue weighted by atomic mass is 35.5. The van der Waals surface area contributed by atoms with Crippen LogP contribution in [0.1, 0.15) is 52.6 Å². The first-order chi connectivity index (χ1) is 17.7. The predicted octanol–water partition coefficient (Wildman–Crippen LogP) is 6.73. The molecular formula is C30H34ClN5O. The maximum absolute atomic E-state index is 10.3. The van der Waals surface area contributed by atoms with Crippen LogP contribution in [0.5, 0.6) is 0 Å². The summed E-state index contributed by atoms with van der Waals surface area (Å²) in [5, 5.41) is 8.37. The quantitative estimate of drug-likeness (QED) is 0.207. The summed E-state index contributed by atoms with van der Waals surface area (Å²) < 4.78 is 2.09. The maximum Gasteiger partial charge on any atom is 0.153 e. The summed E-state index contributed by atoms with van der Waals surface area (Å²) in [6.45, 7) is 13.7. The van der Waals surface area contributed by atoms with Gasteiger partial charge in [0.1, 0.15) is 10.8 Å². The van der Waals surface area contributed by atoms with Crippen molar-refractivity contribution in [3.05, 3.63) is 107 Å². The number of hydrogen-bond acceptors (Lipinski definition) is 5. The molecule has 1 aliphatic carbocycles. The summed E-state index contributed by atoms with van der Waals surface area (Å²) in [7, 11) is 1.94. The van der Waals surface area contributed by atoms with Crippen molar-refractivity contribution in [3.8, 4) is 11.3 Å². The third-order valence-electron chi connectivity index (χ3n) is 6.27. The number of pyridine rings is 1. The zero-order valence-corrected chi connectivity index (χ0v) is 22.6. The fraction of sp³-hybridized carbons (Fsp3) is 0.233. The number of hydrogen-bond donors (Lipinski definition) is 2. The van der Waals surface area contributed by atoms with Crippen molar-refractivity contribution in [3.63, 3.8) is 0 Å². The normalized spacial score (nSPS) is 13.2. The molecule has 1 atom stereocenters. The number of allylic oxidation sites excluding steroid dienone is 5. The number of carbonyl (C=O) groups excluding carboxylic acids is 1. The number of benzene rings is 1. The molecule has 0 bridgehead atoms. The van der Waals surface area contributed by atoms with Gasteiger partial charge in [-0.15, -0.1) is 0 Å². The van der Waals surface area contributed by atoms with Gasteiger partial charge in [0.15, 0.2) is 6.29 Å². The Bertz CT molecular complexity index is 1360. The highest BCUT2D eigenvalue weighted by molar-refractivity contribution is 6.31. The topological polar surface area (TPSA) is 85.8 Å². The van der Waals surface area contributed by atoms with Gasteiger partial charge in [-0.05, 0) is 62.9 Å². The number of nitrogens with zero attached hydrogens (tertiary/aromatic N) is 3. The number of rotatable bonds is 7. The molecule has 7 heteroatoms. The molecule has 3 N–H and O–H groups in total. The van der Waals surface area contributed by atoms with E-state index in [4.69, 9.17) is 22.4 Å². The standard InChI is InChI=1S/C23H28N4.C7H6ClNO/c1-6-7-8-15(2)13-16(3)27-23-20(22(26-27)17(4)24)12-10-18-9-11-19(25-5)14-21(18)23;1-5-2-3-9-7(8)6(5)4-10/h6-9,11,13-14,16,25H,1,4,10,12,24H2,2-3,5H3;2-4H,1H3/b8-7-,15-13-;. The highest BCUT2D eigenvalue weighted by Gasteiger charge is 2.27. The number of nitrogens with one attached hydrogen (secondary N) is 1. The average molecular weight is 516 g/mol. The van der Waals surface area contributed by atoms with Gasteiger partial charge in [-0.3, -0.25) is 9.48 Å². The third-order valence-corrected chi connectivity index (χ3v) is 6.57. The summed E-state index contributed by atoms with van der Waals surface area (Å²) in [4.78, 5) is 14.1. The van der Waals surface area contributed by atoms with Gasteiger partial charge in [0.05, 0.1) is 23.0 Å². The lowest BCUT2D eigenvalue weighted by Gasteiger charge is -2.21. The number of aromatic nitrogens is 3. The monoisotopic (exact) mass is 515 g/mol. The number of anilines is 1. The van der Waals surface area contributed by atoms with Crippen LogP contribution in [-0.2, 0) is 12.8 Å². The van der Waals surface area contributed by atoms with E-state index in [9.17, 15) is 4.79 Å². The van der Waals surface area contributed by atoms with Crippen LogP contribution in [0.15, 0.2) is 73.5 Å². The molecule has 1 unspecified atom stereocenters. The van der Waals surface area contributed by atoms with E-state index in [1.807, 2.05) is 20.0 Å². The molecule has 1 aliphatic rings. The van der Waals surface area contributed by atoms with Crippen LogP contribution in [0.4, 0.5) is 5.69 Å². The van der Waals surface area contributed by atoms with Crippen molar-refractivity contribution in [2.75, 3.05) is 12.4 Å².